The lowest BCUT2D eigenvalue weighted by atomic mass is 9.92. The Morgan fingerprint density at radius 3 is 2.88 bits per heavy atom. The maximum absolute atomic E-state index is 12.4. The van der Waals surface area contributed by atoms with Crippen LogP contribution in [-0.4, -0.2) is 44.9 Å². The molecule has 0 spiro atoms. The van der Waals surface area contributed by atoms with E-state index in [0.717, 1.165) is 42.0 Å². The van der Waals surface area contributed by atoms with Gasteiger partial charge in [0.05, 0.1) is 11.9 Å². The fourth-order valence-electron chi connectivity index (χ4n) is 3.21. The van der Waals surface area contributed by atoms with E-state index in [2.05, 4.69) is 15.2 Å². The second-order valence-electron chi connectivity index (χ2n) is 7.63. The third kappa shape index (κ3) is 4.18. The molecule has 1 fully saturated rings. The predicted octanol–water partition coefficient (Wildman–Crippen LogP) is 3.89. The van der Waals surface area contributed by atoms with E-state index in [1.165, 1.54) is 0 Å². The number of hydrogen-bond acceptors (Lipinski definition) is 4. The Kier molecular flexibility index (Phi) is 4.79. The predicted molar refractivity (Wildman–Crippen MR) is 96.3 cm³/mol. The number of carbonyl (C=O) groups excluding carboxylic acids is 1. The van der Waals surface area contributed by atoms with Crippen LogP contribution in [0.4, 0.5) is 4.79 Å². The number of amides is 1. The van der Waals surface area contributed by atoms with Crippen molar-refractivity contribution in [3.05, 3.63) is 35.8 Å². The van der Waals surface area contributed by atoms with E-state index in [4.69, 9.17) is 4.74 Å². The number of aromatic amines is 1. The number of hydrogen-bond donors (Lipinski definition) is 1. The molecule has 1 atom stereocenters. The number of H-pyrrole nitrogens is 1. The molecule has 0 saturated carbocycles. The van der Waals surface area contributed by atoms with Gasteiger partial charge in [0.25, 0.3) is 0 Å². The Balaban J connectivity index is 1.79. The molecule has 134 valence electrons. The highest BCUT2D eigenvalue weighted by atomic mass is 16.6. The summed E-state index contributed by atoms with van der Waals surface area (Å²) in [4.78, 5) is 18.8. The number of likely N-dealkylation sites (tertiary alicyclic amines) is 1. The summed E-state index contributed by atoms with van der Waals surface area (Å²) in [6, 6.07) is 5.98. The summed E-state index contributed by atoms with van der Waals surface area (Å²) in [5.74, 6) is 0.209. The fourth-order valence-corrected chi connectivity index (χ4v) is 3.21. The zero-order chi connectivity index (χ0) is 18.0. The molecule has 3 heterocycles. The van der Waals surface area contributed by atoms with E-state index >= 15 is 0 Å². The number of ether oxygens (including phenoxy) is 1. The Hall–Kier alpha value is -2.37. The number of piperidine rings is 1. The molecule has 25 heavy (non-hydrogen) atoms. The number of aromatic nitrogens is 3. The van der Waals surface area contributed by atoms with Crippen molar-refractivity contribution in [3.8, 4) is 11.3 Å². The number of nitrogens with zero attached hydrogens (tertiary/aromatic N) is 3. The van der Waals surface area contributed by atoms with Crippen molar-refractivity contribution in [2.75, 3.05) is 13.1 Å². The zero-order valence-corrected chi connectivity index (χ0v) is 15.4. The summed E-state index contributed by atoms with van der Waals surface area (Å²) < 4.78 is 5.52. The molecule has 6 heteroatoms. The van der Waals surface area contributed by atoms with Crippen LogP contribution >= 0.6 is 0 Å². The maximum atomic E-state index is 12.4. The highest BCUT2D eigenvalue weighted by Gasteiger charge is 2.30. The number of nitrogens with one attached hydrogen (secondary N) is 1. The third-order valence-corrected chi connectivity index (χ3v) is 4.31. The van der Waals surface area contributed by atoms with Gasteiger partial charge in [0, 0.05) is 36.0 Å². The second kappa shape index (κ2) is 6.86. The average molecular weight is 342 g/mol. The van der Waals surface area contributed by atoms with Gasteiger partial charge in [-0.05, 0) is 52.7 Å². The van der Waals surface area contributed by atoms with E-state index in [9.17, 15) is 4.79 Å². The van der Waals surface area contributed by atoms with Crippen molar-refractivity contribution >= 4 is 6.09 Å². The number of carbonyl (C=O) groups is 1. The Bertz CT molecular complexity index is 748. The van der Waals surface area contributed by atoms with Crippen LogP contribution in [-0.2, 0) is 4.74 Å². The van der Waals surface area contributed by atoms with Crippen molar-refractivity contribution < 1.29 is 9.53 Å². The maximum Gasteiger partial charge on any atom is 0.410 e. The van der Waals surface area contributed by atoms with Gasteiger partial charge in [-0.1, -0.05) is 6.07 Å². The highest BCUT2D eigenvalue weighted by Crippen LogP contribution is 2.32. The minimum Gasteiger partial charge on any atom is -0.444 e. The van der Waals surface area contributed by atoms with E-state index in [-0.39, 0.29) is 12.0 Å². The van der Waals surface area contributed by atoms with Crippen LogP contribution in [0.15, 0.2) is 24.4 Å². The first-order valence-corrected chi connectivity index (χ1v) is 8.79. The molecule has 3 rings (SSSR count). The summed E-state index contributed by atoms with van der Waals surface area (Å²) in [7, 11) is 0. The molecule has 0 radical (unpaired) electrons. The van der Waals surface area contributed by atoms with Crippen molar-refractivity contribution in [1.29, 1.82) is 0 Å². The monoisotopic (exact) mass is 342 g/mol. The first-order valence-electron chi connectivity index (χ1n) is 8.79. The van der Waals surface area contributed by atoms with Crippen LogP contribution in [0.1, 0.15) is 50.9 Å². The van der Waals surface area contributed by atoms with Crippen LogP contribution in [0.2, 0.25) is 0 Å². The standard InChI is InChI=1S/C19H26N4O2/c1-13-7-5-9-16(21-13)15-11-20-22-17(15)14-8-6-10-23(12-14)18(24)25-19(2,3)4/h5,7,9,11,14H,6,8,10,12H2,1-4H3,(H,20,22). The van der Waals surface area contributed by atoms with Gasteiger partial charge in [-0.25, -0.2) is 4.79 Å². The van der Waals surface area contributed by atoms with E-state index in [0.29, 0.717) is 6.54 Å². The summed E-state index contributed by atoms with van der Waals surface area (Å²) in [6.07, 6.45) is 3.54. The van der Waals surface area contributed by atoms with Gasteiger partial charge in [-0.15, -0.1) is 0 Å². The quantitative estimate of drug-likeness (QED) is 0.898. The van der Waals surface area contributed by atoms with Crippen LogP contribution in [0.5, 0.6) is 0 Å². The van der Waals surface area contributed by atoms with E-state index < -0.39 is 5.60 Å². The number of pyridine rings is 1. The molecule has 0 aliphatic carbocycles. The molecular formula is C19H26N4O2. The molecule has 2 aromatic heterocycles. The minimum atomic E-state index is -0.478. The fraction of sp³-hybridized carbons (Fsp3) is 0.526. The van der Waals surface area contributed by atoms with Crippen LogP contribution in [0.3, 0.4) is 0 Å². The molecular weight excluding hydrogens is 316 g/mol. The first kappa shape index (κ1) is 17.5. The molecule has 0 bridgehead atoms. The lowest BCUT2D eigenvalue weighted by Gasteiger charge is -2.34. The molecule has 2 aromatic rings. The summed E-state index contributed by atoms with van der Waals surface area (Å²) >= 11 is 0. The van der Waals surface area contributed by atoms with Gasteiger partial charge in [0.15, 0.2) is 0 Å². The van der Waals surface area contributed by atoms with Gasteiger partial charge in [-0.2, -0.15) is 5.10 Å². The van der Waals surface area contributed by atoms with Crippen LogP contribution in [0, 0.1) is 6.92 Å². The van der Waals surface area contributed by atoms with Crippen molar-refractivity contribution in [1.82, 2.24) is 20.1 Å². The third-order valence-electron chi connectivity index (χ3n) is 4.31. The van der Waals surface area contributed by atoms with E-state index in [1.54, 1.807) is 4.90 Å². The van der Waals surface area contributed by atoms with Gasteiger partial charge >= 0.3 is 6.09 Å². The lowest BCUT2D eigenvalue weighted by molar-refractivity contribution is 0.0197. The smallest absolute Gasteiger partial charge is 0.410 e. The zero-order valence-electron chi connectivity index (χ0n) is 15.4. The van der Waals surface area contributed by atoms with Crippen molar-refractivity contribution in [2.24, 2.45) is 0 Å². The van der Waals surface area contributed by atoms with E-state index in [1.807, 2.05) is 52.1 Å². The normalized spacial score (nSPS) is 18.2. The summed E-state index contributed by atoms with van der Waals surface area (Å²) in [5, 5.41) is 7.37. The Morgan fingerprint density at radius 2 is 2.16 bits per heavy atom. The lowest BCUT2D eigenvalue weighted by Crippen LogP contribution is -2.42. The van der Waals surface area contributed by atoms with Gasteiger partial charge in [0.2, 0.25) is 0 Å². The first-order chi connectivity index (χ1) is 11.8. The van der Waals surface area contributed by atoms with Gasteiger partial charge in [-0.3, -0.25) is 10.1 Å². The summed E-state index contributed by atoms with van der Waals surface area (Å²) in [6.45, 7) is 9.02. The largest absolute Gasteiger partial charge is 0.444 e. The SMILES string of the molecule is Cc1cccc(-c2cn[nH]c2C2CCCN(C(=O)OC(C)(C)C)C2)n1. The van der Waals surface area contributed by atoms with Gasteiger partial charge in [0.1, 0.15) is 5.60 Å². The number of aryl methyl sites for hydroxylation is 1. The second-order valence-corrected chi connectivity index (χ2v) is 7.63. The van der Waals surface area contributed by atoms with Crippen LogP contribution < -0.4 is 0 Å². The molecule has 1 unspecified atom stereocenters. The van der Waals surface area contributed by atoms with Crippen LogP contribution in [0.25, 0.3) is 11.3 Å². The average Bonchev–Trinajstić information content (AvgIpc) is 3.03. The van der Waals surface area contributed by atoms with Crippen molar-refractivity contribution in [2.45, 2.75) is 52.1 Å². The molecule has 1 aliphatic heterocycles. The number of rotatable bonds is 2. The highest BCUT2D eigenvalue weighted by molar-refractivity contribution is 5.69. The Morgan fingerprint density at radius 1 is 1.36 bits per heavy atom. The molecule has 1 saturated heterocycles. The molecule has 6 nitrogen and oxygen atoms in total. The molecule has 0 aromatic carbocycles. The molecule has 1 aliphatic rings. The summed E-state index contributed by atoms with van der Waals surface area (Å²) in [5.41, 5.74) is 3.47. The molecule has 1 amide bonds. The molecule has 1 N–H and O–H groups in total. The topological polar surface area (TPSA) is 71.1 Å². The van der Waals surface area contributed by atoms with Gasteiger partial charge < -0.3 is 9.64 Å². The minimum absolute atomic E-state index is 0.209. The van der Waals surface area contributed by atoms with Crippen molar-refractivity contribution in [3.63, 3.8) is 0 Å². The Labute approximate surface area is 148 Å².